The van der Waals surface area contributed by atoms with Gasteiger partial charge in [0.1, 0.15) is 11.4 Å². The molecule has 2 aromatic rings. The zero-order chi connectivity index (χ0) is 21.8. The summed E-state index contributed by atoms with van der Waals surface area (Å²) in [5.74, 6) is -3.67. The third-order valence-corrected chi connectivity index (χ3v) is 4.68. The van der Waals surface area contributed by atoms with E-state index in [1.54, 1.807) is 6.07 Å². The van der Waals surface area contributed by atoms with Crippen molar-refractivity contribution in [3.05, 3.63) is 40.4 Å². The second kappa shape index (κ2) is 8.79. The zero-order valence-electron chi connectivity index (χ0n) is 15.3. The summed E-state index contributed by atoms with van der Waals surface area (Å²) in [5.41, 5.74) is 10.8. The van der Waals surface area contributed by atoms with Gasteiger partial charge in [-0.05, 0) is 18.1 Å². The van der Waals surface area contributed by atoms with Gasteiger partial charge in [0.05, 0.1) is 11.5 Å². The minimum atomic E-state index is -1.52. The highest BCUT2D eigenvalue weighted by Gasteiger charge is 2.38. The first-order valence-corrected chi connectivity index (χ1v) is 9.34. The first-order valence-electron chi connectivity index (χ1n) is 8.46. The number of thiazole rings is 1. The van der Waals surface area contributed by atoms with Crippen LogP contribution in [-0.4, -0.2) is 58.3 Å². The fourth-order valence-electron chi connectivity index (χ4n) is 2.71. The van der Waals surface area contributed by atoms with Crippen LogP contribution in [0.4, 0.5) is 5.13 Å². The molecule has 0 fully saturated rings. The number of nitrogens with zero attached hydrogens (tertiary/aromatic N) is 2. The van der Waals surface area contributed by atoms with Crippen molar-refractivity contribution in [2.75, 3.05) is 12.3 Å². The molecule has 0 aliphatic carbocycles. The first kappa shape index (κ1) is 21.1. The van der Waals surface area contributed by atoms with E-state index in [0.717, 1.165) is 11.3 Å². The number of carbonyl (C=O) groups excluding carboxylic acids is 2. The van der Waals surface area contributed by atoms with E-state index in [1.165, 1.54) is 17.5 Å². The Bertz CT molecular complexity index is 1030. The number of hydrogen-bond donors (Lipinski definition) is 5. The number of aromatic nitrogens is 1. The van der Waals surface area contributed by atoms with Gasteiger partial charge < -0.3 is 36.4 Å². The van der Waals surface area contributed by atoms with Crippen LogP contribution < -0.4 is 21.4 Å². The lowest BCUT2D eigenvalue weighted by atomic mass is 9.72. The number of primary amides is 1. The normalized spacial score (nSPS) is 15.7. The number of hydrogen-bond acceptors (Lipinski definition) is 10. The number of carboxylic acids is 1. The molecular formula is C16H16BN5O7S. The molecular weight excluding hydrogens is 417 g/mol. The van der Waals surface area contributed by atoms with Crippen molar-refractivity contribution in [2.24, 2.45) is 10.9 Å². The summed E-state index contributed by atoms with van der Waals surface area (Å²) in [6, 6.07) is 4.50. The Balaban J connectivity index is 1.81. The lowest BCUT2D eigenvalue weighted by Gasteiger charge is -2.28. The molecule has 14 heteroatoms. The highest BCUT2D eigenvalue weighted by atomic mass is 32.1. The summed E-state index contributed by atoms with van der Waals surface area (Å²) in [6.45, 7) is -0.559. The zero-order valence-corrected chi connectivity index (χ0v) is 16.1. The van der Waals surface area contributed by atoms with Crippen LogP contribution in [-0.2, 0) is 20.8 Å². The van der Waals surface area contributed by atoms with E-state index in [-0.39, 0.29) is 34.3 Å². The van der Waals surface area contributed by atoms with Crippen molar-refractivity contribution < 1.29 is 34.0 Å². The molecule has 2 heterocycles. The Kier molecular flexibility index (Phi) is 6.18. The van der Waals surface area contributed by atoms with Crippen molar-refractivity contribution >= 4 is 47.1 Å². The molecule has 0 saturated heterocycles. The molecule has 30 heavy (non-hydrogen) atoms. The van der Waals surface area contributed by atoms with Crippen LogP contribution in [0.2, 0.25) is 0 Å². The van der Waals surface area contributed by atoms with Crippen molar-refractivity contribution in [3.8, 4) is 5.75 Å². The molecule has 1 aromatic carbocycles. The van der Waals surface area contributed by atoms with Crippen LogP contribution in [0.15, 0.2) is 28.7 Å². The summed E-state index contributed by atoms with van der Waals surface area (Å²) in [7, 11) is -1.52. The summed E-state index contributed by atoms with van der Waals surface area (Å²) in [6.07, 6.45) is 0.0952. The number of para-hydroxylation sites is 1. The van der Waals surface area contributed by atoms with Gasteiger partial charge in [0, 0.05) is 5.38 Å². The van der Waals surface area contributed by atoms with E-state index in [1.807, 2.05) is 0 Å². The van der Waals surface area contributed by atoms with Gasteiger partial charge in [-0.1, -0.05) is 17.3 Å². The SMILES string of the molecule is NC(=O)CO/N=C(\C(=O)NC1Cc2cccc(C(=O)O)c2OB1O)c1csc(N)n1. The number of benzene rings is 1. The van der Waals surface area contributed by atoms with Gasteiger partial charge in [-0.25, -0.2) is 9.78 Å². The Morgan fingerprint density at radius 3 is 2.83 bits per heavy atom. The molecule has 0 radical (unpaired) electrons. The molecule has 3 rings (SSSR count). The van der Waals surface area contributed by atoms with Gasteiger partial charge >= 0.3 is 13.1 Å². The summed E-state index contributed by atoms with van der Waals surface area (Å²) >= 11 is 1.06. The number of carbonyl (C=O) groups is 3. The quantitative estimate of drug-likeness (QED) is 0.201. The average Bonchev–Trinajstić information content (AvgIpc) is 3.10. The number of carboxylic acid groups (broad SMARTS) is 1. The lowest BCUT2D eigenvalue weighted by Crippen LogP contribution is -2.54. The van der Waals surface area contributed by atoms with Gasteiger partial charge in [0.2, 0.25) is 0 Å². The van der Waals surface area contributed by atoms with Crippen molar-refractivity contribution in [3.63, 3.8) is 0 Å². The Labute approximate surface area is 173 Å². The Morgan fingerprint density at radius 2 is 2.20 bits per heavy atom. The topological polar surface area (TPSA) is 199 Å². The molecule has 0 saturated carbocycles. The predicted molar refractivity (Wildman–Crippen MR) is 106 cm³/mol. The molecule has 7 N–H and O–H groups in total. The number of fused-ring (bicyclic) bond motifs is 1. The fraction of sp³-hybridized carbons (Fsp3) is 0.188. The standard InChI is InChI=1S/C16H16BN5O7S/c18-11(23)5-28-22-12(9-6-30-16(19)20-9)14(24)21-10-4-7-2-1-3-8(15(25)26)13(7)29-17(10)27/h1-3,6,10,27H,4-5H2,(H2,18,23)(H2,19,20)(H,21,24)(H,25,26)/b22-12-. The second-order valence-electron chi connectivity index (χ2n) is 6.14. The maximum Gasteiger partial charge on any atom is 0.547 e. The smallest absolute Gasteiger partial charge is 0.534 e. The van der Waals surface area contributed by atoms with E-state index in [9.17, 15) is 24.5 Å². The lowest BCUT2D eigenvalue weighted by molar-refractivity contribution is -0.122. The second-order valence-corrected chi connectivity index (χ2v) is 7.03. The molecule has 0 spiro atoms. The largest absolute Gasteiger partial charge is 0.547 e. The summed E-state index contributed by atoms with van der Waals surface area (Å²) < 4.78 is 5.33. The van der Waals surface area contributed by atoms with Crippen LogP contribution in [0.25, 0.3) is 0 Å². The van der Waals surface area contributed by atoms with Crippen molar-refractivity contribution in [1.29, 1.82) is 0 Å². The molecule has 1 aliphatic heterocycles. The molecule has 2 amide bonds. The number of nitrogen functional groups attached to an aromatic ring is 1. The van der Waals surface area contributed by atoms with E-state index in [2.05, 4.69) is 15.5 Å². The van der Waals surface area contributed by atoms with Crippen molar-refractivity contribution in [2.45, 2.75) is 12.4 Å². The predicted octanol–water partition coefficient (Wildman–Crippen LogP) is -1.23. The maximum absolute atomic E-state index is 12.8. The molecule has 1 unspecified atom stereocenters. The minimum absolute atomic E-state index is 0.0361. The van der Waals surface area contributed by atoms with Crippen LogP contribution in [0.1, 0.15) is 21.6 Å². The van der Waals surface area contributed by atoms with Crippen LogP contribution in [0.5, 0.6) is 5.75 Å². The fourth-order valence-corrected chi connectivity index (χ4v) is 3.26. The van der Waals surface area contributed by atoms with Gasteiger partial charge in [0.25, 0.3) is 11.8 Å². The molecule has 0 bridgehead atoms. The first-order chi connectivity index (χ1) is 14.3. The van der Waals surface area contributed by atoms with Gasteiger partial charge in [0.15, 0.2) is 17.5 Å². The third-order valence-electron chi connectivity index (χ3n) is 4.01. The number of nitrogens with one attached hydrogen (secondary N) is 1. The third kappa shape index (κ3) is 4.67. The average molecular weight is 433 g/mol. The Morgan fingerprint density at radius 1 is 1.43 bits per heavy atom. The highest BCUT2D eigenvalue weighted by molar-refractivity contribution is 7.13. The van der Waals surface area contributed by atoms with Crippen LogP contribution >= 0.6 is 11.3 Å². The van der Waals surface area contributed by atoms with E-state index in [0.29, 0.717) is 5.56 Å². The monoisotopic (exact) mass is 433 g/mol. The van der Waals surface area contributed by atoms with Crippen LogP contribution in [0, 0.1) is 0 Å². The van der Waals surface area contributed by atoms with Gasteiger partial charge in [-0.2, -0.15) is 0 Å². The van der Waals surface area contributed by atoms with E-state index >= 15 is 0 Å². The molecule has 12 nitrogen and oxygen atoms in total. The number of aromatic carboxylic acids is 1. The molecule has 1 aliphatic rings. The number of oxime groups is 1. The van der Waals surface area contributed by atoms with Gasteiger partial charge in [-0.15, -0.1) is 11.3 Å². The summed E-state index contributed by atoms with van der Waals surface area (Å²) in [5, 5.41) is 27.3. The molecule has 1 atom stereocenters. The highest BCUT2D eigenvalue weighted by Crippen LogP contribution is 2.30. The molecule has 1 aromatic heterocycles. The number of nitrogens with two attached hydrogens (primary N) is 2. The number of amides is 2. The number of anilines is 1. The summed E-state index contributed by atoms with van der Waals surface area (Å²) in [4.78, 5) is 43.7. The van der Waals surface area contributed by atoms with E-state index in [4.69, 9.17) is 21.0 Å². The minimum Gasteiger partial charge on any atom is -0.534 e. The van der Waals surface area contributed by atoms with Crippen molar-refractivity contribution in [1.82, 2.24) is 10.3 Å². The van der Waals surface area contributed by atoms with Crippen LogP contribution in [0.3, 0.4) is 0 Å². The molecule has 156 valence electrons. The Hall–Kier alpha value is -3.65. The maximum atomic E-state index is 12.8. The number of rotatable bonds is 7. The van der Waals surface area contributed by atoms with E-state index < -0.39 is 37.5 Å². The van der Waals surface area contributed by atoms with Gasteiger partial charge in [-0.3, -0.25) is 9.59 Å².